The number of hydrogen-bond donors (Lipinski definition) is 0. The Kier molecular flexibility index (Phi) is 4.68. The zero-order chi connectivity index (χ0) is 19.3. The van der Waals surface area contributed by atoms with Gasteiger partial charge in [0.25, 0.3) is 0 Å². The Labute approximate surface area is 160 Å². The third-order valence-electron chi connectivity index (χ3n) is 7.80. The number of carbonyl (C=O) groups is 3. The number of ketones is 1. The zero-order valence-corrected chi connectivity index (χ0v) is 16.6. The predicted molar refractivity (Wildman–Crippen MR) is 98.7 cm³/mol. The smallest absolute Gasteiger partial charge is 0.303 e. The fourth-order valence-corrected chi connectivity index (χ4v) is 6.71. The Balaban J connectivity index is 1.56. The number of hydrogen-bond acceptors (Lipinski definition) is 5. The maximum absolute atomic E-state index is 12.8. The summed E-state index contributed by atoms with van der Waals surface area (Å²) < 4.78 is 10.9. The van der Waals surface area contributed by atoms with Crippen LogP contribution in [-0.2, 0) is 23.9 Å². The third kappa shape index (κ3) is 3.03. The summed E-state index contributed by atoms with van der Waals surface area (Å²) in [5.74, 6) is 1.12. The third-order valence-corrected chi connectivity index (χ3v) is 7.80. The van der Waals surface area contributed by atoms with Crippen molar-refractivity contribution in [1.82, 2.24) is 0 Å². The van der Waals surface area contributed by atoms with E-state index in [9.17, 15) is 14.4 Å². The molecule has 0 unspecified atom stereocenters. The van der Waals surface area contributed by atoms with Crippen LogP contribution >= 0.6 is 0 Å². The van der Waals surface area contributed by atoms with Gasteiger partial charge in [0.1, 0.15) is 6.10 Å². The van der Waals surface area contributed by atoms with E-state index in [1.807, 2.05) is 0 Å². The lowest BCUT2D eigenvalue weighted by molar-refractivity contribution is -0.155. The van der Waals surface area contributed by atoms with Gasteiger partial charge in [-0.25, -0.2) is 0 Å². The minimum Gasteiger partial charge on any atom is -0.462 e. The normalized spacial score (nSPS) is 40.7. The quantitative estimate of drug-likeness (QED) is 0.689. The average Bonchev–Trinajstić information content (AvgIpc) is 2.93. The van der Waals surface area contributed by atoms with Crippen LogP contribution in [0.3, 0.4) is 0 Å². The van der Waals surface area contributed by atoms with Crippen LogP contribution in [0, 0.1) is 23.2 Å². The van der Waals surface area contributed by atoms with Gasteiger partial charge in [0.05, 0.1) is 0 Å². The van der Waals surface area contributed by atoms with Crippen molar-refractivity contribution in [2.24, 2.45) is 23.2 Å². The summed E-state index contributed by atoms with van der Waals surface area (Å²) in [6.07, 6.45) is 6.98. The number of esters is 2. The van der Waals surface area contributed by atoms with E-state index >= 15 is 0 Å². The SMILES string of the molecule is CC(=O)O[C@H]1CCC2=C(CC[C@@H]3[C@@H]2CC[C@]2(C)[C@@H](OC(C)=O)CC[C@@H]32)C1=O. The van der Waals surface area contributed by atoms with Gasteiger partial charge in [-0.15, -0.1) is 0 Å². The first-order valence-electron chi connectivity index (χ1n) is 10.4. The van der Waals surface area contributed by atoms with Gasteiger partial charge in [0, 0.05) is 19.3 Å². The molecule has 0 aliphatic heterocycles. The molecule has 0 aromatic heterocycles. The molecule has 0 amide bonds. The van der Waals surface area contributed by atoms with E-state index < -0.39 is 6.10 Å². The molecule has 0 bridgehead atoms. The van der Waals surface area contributed by atoms with Crippen LogP contribution in [0.1, 0.15) is 72.1 Å². The summed E-state index contributed by atoms with van der Waals surface area (Å²) in [5.41, 5.74) is 2.37. The molecule has 5 heteroatoms. The van der Waals surface area contributed by atoms with Crippen LogP contribution in [0.25, 0.3) is 0 Å². The summed E-state index contributed by atoms with van der Waals surface area (Å²) in [6.45, 7) is 5.18. The molecule has 0 heterocycles. The maximum atomic E-state index is 12.8. The van der Waals surface area contributed by atoms with Crippen molar-refractivity contribution < 1.29 is 23.9 Å². The van der Waals surface area contributed by atoms with Crippen LogP contribution in [0.5, 0.6) is 0 Å². The Hall–Kier alpha value is -1.65. The fraction of sp³-hybridized carbons (Fsp3) is 0.773. The molecule has 6 atom stereocenters. The highest BCUT2D eigenvalue weighted by Gasteiger charge is 2.57. The molecule has 0 aromatic rings. The molecule has 4 aliphatic carbocycles. The molecule has 5 nitrogen and oxygen atoms in total. The molecule has 0 radical (unpaired) electrons. The van der Waals surface area contributed by atoms with Crippen LogP contribution in [0.15, 0.2) is 11.1 Å². The number of allylic oxidation sites excluding steroid dienone is 1. The van der Waals surface area contributed by atoms with E-state index in [0.717, 1.165) is 50.5 Å². The molecule has 4 aliphatic rings. The van der Waals surface area contributed by atoms with Crippen LogP contribution in [0.4, 0.5) is 0 Å². The monoisotopic (exact) mass is 374 g/mol. The Morgan fingerprint density at radius 1 is 0.963 bits per heavy atom. The first kappa shape index (κ1) is 18.7. The summed E-state index contributed by atoms with van der Waals surface area (Å²) >= 11 is 0. The molecule has 0 N–H and O–H groups in total. The number of rotatable bonds is 2. The number of ether oxygens (including phenoxy) is 2. The highest BCUT2D eigenvalue weighted by molar-refractivity contribution is 6.01. The van der Waals surface area contributed by atoms with Crippen molar-refractivity contribution in [3.8, 4) is 0 Å². The van der Waals surface area contributed by atoms with Gasteiger partial charge in [0.15, 0.2) is 11.9 Å². The van der Waals surface area contributed by atoms with Crippen molar-refractivity contribution in [1.29, 1.82) is 0 Å². The molecule has 0 aromatic carbocycles. The minimum absolute atomic E-state index is 0.0395. The van der Waals surface area contributed by atoms with Crippen molar-refractivity contribution in [2.45, 2.75) is 84.3 Å². The molecule has 148 valence electrons. The molecular formula is C22H30O5. The molecule has 0 saturated heterocycles. The second-order valence-electron chi connectivity index (χ2n) is 9.14. The lowest BCUT2D eigenvalue weighted by Gasteiger charge is -2.51. The Morgan fingerprint density at radius 2 is 1.70 bits per heavy atom. The van der Waals surface area contributed by atoms with Gasteiger partial charge in [-0.1, -0.05) is 12.5 Å². The van der Waals surface area contributed by atoms with Crippen molar-refractivity contribution in [3.63, 3.8) is 0 Å². The van der Waals surface area contributed by atoms with E-state index in [1.165, 1.54) is 19.4 Å². The van der Waals surface area contributed by atoms with E-state index in [2.05, 4.69) is 6.92 Å². The number of Topliss-reactive ketones (excluding diaryl/α,β-unsaturated/α-hetero) is 1. The summed E-state index contributed by atoms with van der Waals surface area (Å²) in [5, 5.41) is 0. The molecule has 27 heavy (non-hydrogen) atoms. The average molecular weight is 374 g/mol. The predicted octanol–water partition coefficient (Wildman–Crippen LogP) is 3.75. The first-order valence-corrected chi connectivity index (χ1v) is 10.4. The maximum Gasteiger partial charge on any atom is 0.303 e. The molecule has 2 saturated carbocycles. The fourth-order valence-electron chi connectivity index (χ4n) is 6.71. The van der Waals surface area contributed by atoms with Gasteiger partial charge in [-0.2, -0.15) is 0 Å². The summed E-state index contributed by atoms with van der Waals surface area (Å²) in [4.78, 5) is 35.7. The van der Waals surface area contributed by atoms with E-state index in [4.69, 9.17) is 9.47 Å². The highest BCUT2D eigenvalue weighted by atomic mass is 16.5. The van der Waals surface area contributed by atoms with Crippen LogP contribution in [-0.4, -0.2) is 29.9 Å². The summed E-state index contributed by atoms with van der Waals surface area (Å²) in [6, 6.07) is 0. The van der Waals surface area contributed by atoms with E-state index in [0.29, 0.717) is 24.2 Å². The minimum atomic E-state index is -0.577. The zero-order valence-electron chi connectivity index (χ0n) is 16.6. The highest BCUT2D eigenvalue weighted by Crippen LogP contribution is 2.61. The molecule has 0 spiro atoms. The van der Waals surface area contributed by atoms with Gasteiger partial charge < -0.3 is 9.47 Å². The second-order valence-corrected chi connectivity index (χ2v) is 9.14. The van der Waals surface area contributed by atoms with Gasteiger partial charge in [0.2, 0.25) is 0 Å². The van der Waals surface area contributed by atoms with E-state index in [1.54, 1.807) is 0 Å². The largest absolute Gasteiger partial charge is 0.462 e. The molecule has 4 rings (SSSR count). The van der Waals surface area contributed by atoms with Gasteiger partial charge in [-0.3, -0.25) is 14.4 Å². The number of carbonyl (C=O) groups excluding carboxylic acids is 3. The van der Waals surface area contributed by atoms with Crippen molar-refractivity contribution in [2.75, 3.05) is 0 Å². The lowest BCUT2D eigenvalue weighted by Crippen LogP contribution is -2.47. The first-order chi connectivity index (χ1) is 12.8. The summed E-state index contributed by atoms with van der Waals surface area (Å²) in [7, 11) is 0. The van der Waals surface area contributed by atoms with Crippen molar-refractivity contribution in [3.05, 3.63) is 11.1 Å². The van der Waals surface area contributed by atoms with E-state index in [-0.39, 0.29) is 29.2 Å². The Morgan fingerprint density at radius 3 is 2.41 bits per heavy atom. The second kappa shape index (κ2) is 6.75. The van der Waals surface area contributed by atoms with Crippen LogP contribution < -0.4 is 0 Å². The Bertz CT molecular complexity index is 707. The number of fused-ring (bicyclic) bond motifs is 4. The standard InChI is InChI=1S/C22H30O5/c1-12(23)26-19-8-6-14-15-10-11-22(3)18(7-9-20(22)27-13(2)24)16(15)4-5-17(14)21(19)25/h15-16,18-20H,4-11H2,1-3H3/t15-,16-,18+,19+,20+,22+/m1/s1. The topological polar surface area (TPSA) is 69.7 Å². The van der Waals surface area contributed by atoms with Crippen LogP contribution in [0.2, 0.25) is 0 Å². The van der Waals surface area contributed by atoms with Gasteiger partial charge in [-0.05, 0) is 74.7 Å². The van der Waals surface area contributed by atoms with Crippen molar-refractivity contribution >= 4 is 17.7 Å². The molecular weight excluding hydrogens is 344 g/mol. The van der Waals surface area contributed by atoms with Gasteiger partial charge >= 0.3 is 11.9 Å². The lowest BCUT2D eigenvalue weighted by atomic mass is 9.54. The molecule has 2 fully saturated rings.